The van der Waals surface area contributed by atoms with Gasteiger partial charge in [-0.15, -0.1) is 0 Å². The number of anilines is 2. The zero-order valence-corrected chi connectivity index (χ0v) is 16.0. The van der Waals surface area contributed by atoms with E-state index in [4.69, 9.17) is 9.47 Å². The Kier molecular flexibility index (Phi) is 5.90. The molecule has 3 rings (SSSR count). The summed E-state index contributed by atoms with van der Waals surface area (Å²) in [5.74, 6) is -1.35. The first-order valence-corrected chi connectivity index (χ1v) is 10.2. The van der Waals surface area contributed by atoms with E-state index in [1.165, 1.54) is 6.07 Å². The molecule has 154 valence electrons. The molecule has 2 fully saturated rings. The Morgan fingerprint density at radius 2 is 2.04 bits per heavy atom. The van der Waals surface area contributed by atoms with Crippen molar-refractivity contribution in [1.29, 1.82) is 0 Å². The highest BCUT2D eigenvalue weighted by Gasteiger charge is 2.38. The van der Waals surface area contributed by atoms with Crippen molar-refractivity contribution < 1.29 is 37.8 Å². The molecule has 0 aliphatic carbocycles. The molecule has 12 heteroatoms. The highest BCUT2D eigenvalue weighted by molar-refractivity contribution is 7.49. The third-order valence-electron chi connectivity index (χ3n) is 4.52. The number of rotatable bonds is 5. The molecule has 1 aromatic carbocycles. The van der Waals surface area contributed by atoms with Crippen molar-refractivity contribution in [3.05, 3.63) is 24.0 Å². The first-order chi connectivity index (χ1) is 13.2. The van der Waals surface area contributed by atoms with Crippen LogP contribution in [0, 0.1) is 5.82 Å². The summed E-state index contributed by atoms with van der Waals surface area (Å²) in [5, 5.41) is 0. The molecule has 0 spiro atoms. The molecule has 0 bridgehead atoms. The minimum atomic E-state index is -4.83. The van der Waals surface area contributed by atoms with Crippen LogP contribution in [0.2, 0.25) is 0 Å². The fraction of sp³-hybridized carbons (Fsp3) is 0.500. The number of hydrogen-bond donors (Lipinski definition) is 2. The lowest BCUT2D eigenvalue weighted by atomic mass is 10.2. The summed E-state index contributed by atoms with van der Waals surface area (Å²) in [7, 11) is -4.83. The van der Waals surface area contributed by atoms with Crippen LogP contribution < -0.4 is 9.80 Å². The Balaban J connectivity index is 1.72. The van der Waals surface area contributed by atoms with Gasteiger partial charge in [0.15, 0.2) is 0 Å². The van der Waals surface area contributed by atoms with Gasteiger partial charge in [-0.05, 0) is 18.2 Å². The molecule has 2 saturated heterocycles. The van der Waals surface area contributed by atoms with Gasteiger partial charge in [-0.3, -0.25) is 9.69 Å². The van der Waals surface area contributed by atoms with Crippen LogP contribution >= 0.6 is 7.75 Å². The maximum Gasteiger partial charge on any atom is 0.432 e. The van der Waals surface area contributed by atoms with Crippen LogP contribution in [0.5, 0.6) is 0 Å². The number of hydrogen-bond acceptors (Lipinski definition) is 6. The quantitative estimate of drug-likeness (QED) is 0.679. The van der Waals surface area contributed by atoms with Crippen molar-refractivity contribution in [2.75, 3.05) is 49.2 Å². The predicted octanol–water partition coefficient (Wildman–Crippen LogP) is 0.929. The zero-order valence-electron chi connectivity index (χ0n) is 15.2. The molecule has 2 N–H and O–H groups in total. The van der Waals surface area contributed by atoms with Crippen LogP contribution in [0.15, 0.2) is 18.2 Å². The molecule has 1 aromatic rings. The molecule has 0 unspecified atom stereocenters. The molecule has 2 heterocycles. The number of carbonyl (C=O) groups excluding carboxylic acids is 2. The molecule has 1 atom stereocenters. The lowest BCUT2D eigenvalue weighted by Gasteiger charge is -2.29. The second kappa shape index (κ2) is 8.04. The first-order valence-electron chi connectivity index (χ1n) is 8.61. The van der Waals surface area contributed by atoms with Crippen LogP contribution in [0.3, 0.4) is 0 Å². The SMILES string of the molecule is CC(=O)N(C[C@H]1CN(c2ccc(N3CCOCC3)c(F)c2)C(=O)O1)P(=O)(O)O. The van der Waals surface area contributed by atoms with Crippen LogP contribution in [0.4, 0.5) is 20.6 Å². The first kappa shape index (κ1) is 20.5. The van der Waals surface area contributed by atoms with Gasteiger partial charge in [0.05, 0.1) is 37.7 Å². The van der Waals surface area contributed by atoms with Crippen LogP contribution in [0.25, 0.3) is 0 Å². The molecule has 28 heavy (non-hydrogen) atoms. The summed E-state index contributed by atoms with van der Waals surface area (Å²) in [4.78, 5) is 45.1. The molecule has 0 aromatic heterocycles. The molecule has 0 radical (unpaired) electrons. The number of carbonyl (C=O) groups is 2. The molecule has 2 amide bonds. The van der Waals surface area contributed by atoms with Crippen molar-refractivity contribution in [2.45, 2.75) is 13.0 Å². The highest BCUT2D eigenvalue weighted by atomic mass is 31.2. The van der Waals surface area contributed by atoms with Gasteiger partial charge in [0.2, 0.25) is 5.91 Å². The Hall–Kier alpha value is -2.20. The van der Waals surface area contributed by atoms with Crippen LogP contribution in [-0.4, -0.2) is 72.0 Å². The topological polar surface area (TPSA) is 120 Å². The molecular weight excluding hydrogens is 396 g/mol. The Labute approximate surface area is 160 Å². The third-order valence-corrected chi connectivity index (χ3v) is 5.60. The van der Waals surface area contributed by atoms with E-state index in [0.717, 1.165) is 11.8 Å². The fourth-order valence-electron chi connectivity index (χ4n) is 3.16. The Morgan fingerprint density at radius 1 is 1.36 bits per heavy atom. The van der Waals surface area contributed by atoms with E-state index < -0.39 is 38.2 Å². The van der Waals surface area contributed by atoms with Gasteiger partial charge < -0.3 is 24.2 Å². The maximum absolute atomic E-state index is 14.6. The van der Waals surface area contributed by atoms with Gasteiger partial charge >= 0.3 is 13.8 Å². The van der Waals surface area contributed by atoms with Crippen molar-refractivity contribution in [1.82, 2.24) is 4.67 Å². The Morgan fingerprint density at radius 3 is 2.61 bits per heavy atom. The summed E-state index contributed by atoms with van der Waals surface area (Å²) in [6.07, 6.45) is -1.73. The standard InChI is InChI=1S/C16H21FN3O7P/c1-11(21)20(28(23,24)25)10-13-9-19(16(22)27-13)12-2-3-15(14(17)8-12)18-4-6-26-7-5-18/h2-3,8,13H,4-7,9-10H2,1H3,(H2,23,24,25)/t13-/m1/s1. The van der Waals surface area contributed by atoms with E-state index in [9.17, 15) is 28.3 Å². The zero-order chi connectivity index (χ0) is 20.5. The molecule has 0 saturated carbocycles. The number of ether oxygens (including phenoxy) is 2. The second-order valence-corrected chi connectivity index (χ2v) is 7.98. The van der Waals surface area contributed by atoms with E-state index in [1.54, 1.807) is 12.1 Å². The lowest BCUT2D eigenvalue weighted by Crippen LogP contribution is -2.37. The average Bonchev–Trinajstić information content (AvgIpc) is 2.99. The summed E-state index contributed by atoms with van der Waals surface area (Å²) in [6, 6.07) is 4.34. The number of halogens is 1. The molecule has 2 aliphatic heterocycles. The summed E-state index contributed by atoms with van der Waals surface area (Å²) < 4.78 is 36.7. The van der Waals surface area contributed by atoms with Crippen molar-refractivity contribution in [2.24, 2.45) is 0 Å². The summed E-state index contributed by atoms with van der Waals surface area (Å²) in [5.41, 5.74) is 0.660. The van der Waals surface area contributed by atoms with E-state index in [-0.39, 0.29) is 12.2 Å². The number of cyclic esters (lactones) is 1. The van der Waals surface area contributed by atoms with Gasteiger partial charge in [0.25, 0.3) is 0 Å². The number of amides is 2. The number of nitrogens with zero attached hydrogens (tertiary/aromatic N) is 3. The number of morpholine rings is 1. The predicted molar refractivity (Wildman–Crippen MR) is 96.5 cm³/mol. The minimum absolute atomic E-state index is 0.0705. The van der Waals surface area contributed by atoms with Gasteiger partial charge in [-0.25, -0.2) is 18.4 Å². The largest absolute Gasteiger partial charge is 0.442 e. The van der Waals surface area contributed by atoms with Gasteiger partial charge in [-0.2, -0.15) is 0 Å². The second-order valence-electron chi connectivity index (χ2n) is 6.47. The van der Waals surface area contributed by atoms with Crippen molar-refractivity contribution in [3.63, 3.8) is 0 Å². The van der Waals surface area contributed by atoms with E-state index in [1.807, 2.05) is 4.90 Å². The lowest BCUT2D eigenvalue weighted by molar-refractivity contribution is -0.126. The van der Waals surface area contributed by atoms with Gasteiger partial charge in [0.1, 0.15) is 11.9 Å². The van der Waals surface area contributed by atoms with E-state index in [2.05, 4.69) is 0 Å². The summed E-state index contributed by atoms with van der Waals surface area (Å²) in [6.45, 7) is 2.62. The Bertz CT molecular complexity index is 811. The molecule has 2 aliphatic rings. The smallest absolute Gasteiger partial charge is 0.432 e. The van der Waals surface area contributed by atoms with Crippen molar-refractivity contribution in [3.8, 4) is 0 Å². The fourth-order valence-corrected chi connectivity index (χ4v) is 3.92. The van der Waals surface area contributed by atoms with Crippen LogP contribution in [0.1, 0.15) is 6.92 Å². The third kappa shape index (κ3) is 4.44. The van der Waals surface area contributed by atoms with Crippen LogP contribution in [-0.2, 0) is 18.8 Å². The highest BCUT2D eigenvalue weighted by Crippen LogP contribution is 2.40. The van der Waals surface area contributed by atoms with Gasteiger partial charge in [0, 0.05) is 20.0 Å². The van der Waals surface area contributed by atoms with Crippen molar-refractivity contribution >= 4 is 31.1 Å². The number of benzene rings is 1. The minimum Gasteiger partial charge on any atom is -0.442 e. The molecular formula is C16H21FN3O7P. The average molecular weight is 417 g/mol. The maximum atomic E-state index is 14.6. The van der Waals surface area contributed by atoms with Gasteiger partial charge in [-0.1, -0.05) is 0 Å². The normalized spacial score (nSPS) is 20.3. The summed E-state index contributed by atoms with van der Waals surface area (Å²) >= 11 is 0. The molecule has 10 nitrogen and oxygen atoms in total. The monoisotopic (exact) mass is 417 g/mol. The van der Waals surface area contributed by atoms with E-state index >= 15 is 0 Å². The van der Waals surface area contributed by atoms with E-state index in [0.29, 0.717) is 36.7 Å².